The van der Waals surface area contributed by atoms with Crippen molar-refractivity contribution in [3.63, 3.8) is 0 Å². The SMILES string of the molecule is CC(=O)O[C@@H]1[C@@H](O)[C@@H](O)[C@H](O[C@H]2[C@H](O[C@H]3CC[C@@H]4C(=CC[C@@H]5[C@@]4(C)C(=O)C[C@]4(C)[C@@H]([C@H](C)CCC(O)C(C)(C)O)CC[C@@]54C)C3(C)C)O[C@H](CO)[C@@H](O)[C@@H]2O)O[C@H]1C. The number of hydrogen-bond donors (Lipinski definition) is 7. The number of aliphatic hydroxyl groups excluding tert-OH is 6. The molecule has 6 aliphatic rings. The van der Waals surface area contributed by atoms with Gasteiger partial charge >= 0.3 is 5.97 Å². The molecule has 0 aromatic carbocycles. The van der Waals surface area contributed by atoms with Gasteiger partial charge in [-0.05, 0) is 100 Å². The Morgan fingerprint density at radius 1 is 0.914 bits per heavy atom. The summed E-state index contributed by atoms with van der Waals surface area (Å²) >= 11 is 0. The summed E-state index contributed by atoms with van der Waals surface area (Å²) in [4.78, 5) is 26.5. The van der Waals surface area contributed by atoms with Crippen LogP contribution in [0.3, 0.4) is 0 Å². The Morgan fingerprint density at radius 3 is 2.19 bits per heavy atom. The van der Waals surface area contributed by atoms with E-state index in [1.54, 1.807) is 20.8 Å². The van der Waals surface area contributed by atoms with E-state index in [2.05, 4.69) is 47.6 Å². The minimum atomic E-state index is -1.70. The molecule has 4 aliphatic carbocycles. The molecule has 332 valence electrons. The maximum atomic E-state index is 14.9. The summed E-state index contributed by atoms with van der Waals surface area (Å²) in [5.74, 6) is 0.331. The zero-order chi connectivity index (χ0) is 43.1. The molecule has 0 spiro atoms. The van der Waals surface area contributed by atoms with Crippen molar-refractivity contribution >= 4 is 11.8 Å². The van der Waals surface area contributed by atoms with E-state index in [-0.39, 0.29) is 28.6 Å². The van der Waals surface area contributed by atoms with E-state index in [1.807, 2.05) is 0 Å². The second-order valence-corrected chi connectivity index (χ2v) is 20.6. The molecule has 1 unspecified atom stereocenters. The predicted molar refractivity (Wildman–Crippen MR) is 209 cm³/mol. The number of allylic oxidation sites excluding steroid dienone is 1. The van der Waals surface area contributed by atoms with Crippen LogP contribution in [-0.4, -0.2) is 133 Å². The fourth-order valence-corrected chi connectivity index (χ4v) is 12.7. The van der Waals surface area contributed by atoms with E-state index in [1.165, 1.54) is 6.92 Å². The number of ketones is 1. The smallest absolute Gasteiger partial charge is 0.303 e. The van der Waals surface area contributed by atoms with E-state index < -0.39 is 103 Å². The Balaban J connectivity index is 1.22. The van der Waals surface area contributed by atoms with Gasteiger partial charge in [-0.15, -0.1) is 0 Å². The lowest BCUT2D eigenvalue weighted by Crippen LogP contribution is -2.65. The lowest BCUT2D eigenvalue weighted by atomic mass is 9.38. The maximum absolute atomic E-state index is 14.9. The number of ether oxygens (including phenoxy) is 5. The van der Waals surface area contributed by atoms with Crippen LogP contribution < -0.4 is 0 Å². The average Bonchev–Trinajstić information content (AvgIpc) is 3.41. The third-order valence-corrected chi connectivity index (χ3v) is 16.5. The van der Waals surface area contributed by atoms with Crippen molar-refractivity contribution in [3.8, 4) is 0 Å². The number of fused-ring (bicyclic) bond motifs is 5. The molecule has 14 heteroatoms. The Hall–Kier alpha value is -1.56. The number of rotatable bonds is 11. The van der Waals surface area contributed by atoms with E-state index in [9.17, 15) is 45.3 Å². The number of esters is 1. The normalized spacial score (nSPS) is 47.6. The first-order valence-corrected chi connectivity index (χ1v) is 21.6. The van der Waals surface area contributed by atoms with Crippen LogP contribution >= 0.6 is 0 Å². The standard InChI is InChI=1S/C44H72O14/c1-21(11-15-29(47)41(6,7)53)24-17-18-42(8)28-14-12-25-26(44(28,10)30(48)19-43(24,42)9)13-16-31(40(25,4)5)57-39-37(33(50)32(49)27(20-45)56-39)58-38-35(52)34(51)36(22(2)54-38)55-23(3)46/h12,21-22,24,26-29,31-39,45,47,49-53H,11,13-20H2,1-10H3/t21-,22+,24-,26-,27-,28+,29?,31+,32-,33+,34+,35-,36+,37-,38+,39+,42+,43-,44+/m1/s1. The molecule has 0 radical (unpaired) electrons. The van der Waals surface area contributed by atoms with Crippen LogP contribution in [0.2, 0.25) is 0 Å². The molecule has 0 aromatic heterocycles. The monoisotopic (exact) mass is 824 g/mol. The molecule has 0 amide bonds. The summed E-state index contributed by atoms with van der Waals surface area (Å²) in [6.45, 7) is 18.7. The van der Waals surface area contributed by atoms with Crippen LogP contribution in [0.1, 0.15) is 121 Å². The third-order valence-electron chi connectivity index (χ3n) is 16.5. The fraction of sp³-hybridized carbons (Fsp3) is 0.909. The van der Waals surface area contributed by atoms with Crippen LogP contribution in [0.5, 0.6) is 0 Å². The Kier molecular flexibility index (Phi) is 12.9. The highest BCUT2D eigenvalue weighted by Gasteiger charge is 2.70. The number of Topliss-reactive ketones (excluding diaryl/α,β-unsaturated/α-hetero) is 1. The molecular weight excluding hydrogens is 752 g/mol. The molecule has 0 aromatic rings. The molecule has 6 rings (SSSR count). The zero-order valence-electron chi connectivity index (χ0n) is 36.2. The summed E-state index contributed by atoms with van der Waals surface area (Å²) in [6.07, 6.45) is -7.29. The Morgan fingerprint density at radius 2 is 1.57 bits per heavy atom. The highest BCUT2D eigenvalue weighted by Crippen LogP contribution is 2.74. The molecular formula is C44H72O14. The topological polar surface area (TPSA) is 222 Å². The van der Waals surface area contributed by atoms with Gasteiger partial charge in [0.25, 0.3) is 0 Å². The van der Waals surface area contributed by atoms with Crippen molar-refractivity contribution in [1.82, 2.24) is 0 Å². The van der Waals surface area contributed by atoms with E-state index in [4.69, 9.17) is 23.7 Å². The van der Waals surface area contributed by atoms with Crippen LogP contribution in [0.25, 0.3) is 0 Å². The largest absolute Gasteiger partial charge is 0.457 e. The molecule has 5 fully saturated rings. The van der Waals surface area contributed by atoms with Crippen molar-refractivity contribution in [2.75, 3.05) is 6.61 Å². The van der Waals surface area contributed by atoms with Crippen LogP contribution in [0.15, 0.2) is 11.6 Å². The van der Waals surface area contributed by atoms with E-state index in [0.717, 1.165) is 31.3 Å². The summed E-state index contributed by atoms with van der Waals surface area (Å²) in [6, 6.07) is 0. The Labute approximate surface area is 343 Å². The minimum Gasteiger partial charge on any atom is -0.457 e. The van der Waals surface area contributed by atoms with Crippen molar-refractivity contribution in [3.05, 3.63) is 11.6 Å². The van der Waals surface area contributed by atoms with Crippen LogP contribution in [0, 0.1) is 45.3 Å². The summed E-state index contributed by atoms with van der Waals surface area (Å²) < 4.78 is 29.8. The van der Waals surface area contributed by atoms with Crippen LogP contribution in [-0.2, 0) is 33.3 Å². The molecule has 2 aliphatic heterocycles. The number of aliphatic hydroxyl groups is 7. The molecule has 3 saturated carbocycles. The van der Waals surface area contributed by atoms with Gasteiger partial charge in [-0.1, -0.05) is 53.2 Å². The second-order valence-electron chi connectivity index (χ2n) is 20.6. The average molecular weight is 825 g/mol. The van der Waals surface area contributed by atoms with Gasteiger partial charge in [0.2, 0.25) is 0 Å². The van der Waals surface area contributed by atoms with Gasteiger partial charge in [0.05, 0.1) is 30.5 Å². The van der Waals surface area contributed by atoms with Crippen molar-refractivity contribution < 1.29 is 69.0 Å². The van der Waals surface area contributed by atoms with Gasteiger partial charge in [0.15, 0.2) is 18.7 Å². The van der Waals surface area contributed by atoms with Crippen molar-refractivity contribution in [2.24, 2.45) is 45.3 Å². The number of carbonyl (C=O) groups is 2. The number of carbonyl (C=O) groups excluding carboxylic acids is 2. The van der Waals surface area contributed by atoms with Crippen molar-refractivity contribution in [2.45, 2.75) is 200 Å². The minimum absolute atomic E-state index is 0.0239. The molecule has 2 heterocycles. The predicted octanol–water partition coefficient (Wildman–Crippen LogP) is 2.93. The highest BCUT2D eigenvalue weighted by molar-refractivity contribution is 5.88. The molecule has 19 atom stereocenters. The van der Waals surface area contributed by atoms with Crippen molar-refractivity contribution in [1.29, 1.82) is 0 Å². The van der Waals surface area contributed by atoms with Gasteiger partial charge in [-0.3, -0.25) is 9.59 Å². The number of hydrogen-bond acceptors (Lipinski definition) is 14. The Bertz CT molecular complexity index is 1540. The maximum Gasteiger partial charge on any atom is 0.303 e. The molecule has 2 saturated heterocycles. The first-order chi connectivity index (χ1) is 26.8. The first kappa shape index (κ1) is 46.0. The van der Waals surface area contributed by atoms with Gasteiger partial charge < -0.3 is 59.4 Å². The van der Waals surface area contributed by atoms with Crippen LogP contribution in [0.4, 0.5) is 0 Å². The zero-order valence-corrected chi connectivity index (χ0v) is 36.2. The van der Waals surface area contributed by atoms with Gasteiger partial charge in [0.1, 0.15) is 42.4 Å². The van der Waals surface area contributed by atoms with Gasteiger partial charge in [-0.2, -0.15) is 0 Å². The molecule has 0 bridgehead atoms. The van der Waals surface area contributed by atoms with E-state index >= 15 is 0 Å². The summed E-state index contributed by atoms with van der Waals surface area (Å²) in [5.41, 5.74) is -1.53. The van der Waals surface area contributed by atoms with E-state index in [0.29, 0.717) is 37.4 Å². The third kappa shape index (κ3) is 7.56. The summed E-state index contributed by atoms with van der Waals surface area (Å²) in [7, 11) is 0. The molecule has 14 nitrogen and oxygen atoms in total. The molecule has 58 heavy (non-hydrogen) atoms. The van der Waals surface area contributed by atoms with Gasteiger partial charge in [-0.25, -0.2) is 0 Å². The fourth-order valence-electron chi connectivity index (χ4n) is 12.7. The quantitative estimate of drug-likeness (QED) is 0.118. The molecule has 7 N–H and O–H groups in total. The first-order valence-electron chi connectivity index (χ1n) is 21.6. The second kappa shape index (κ2) is 16.3. The lowest BCUT2D eigenvalue weighted by molar-refractivity contribution is -0.372. The summed E-state index contributed by atoms with van der Waals surface area (Å²) in [5, 5.41) is 75.1. The highest BCUT2D eigenvalue weighted by atomic mass is 16.8. The lowest BCUT2D eigenvalue weighted by Gasteiger charge is -2.65. The van der Waals surface area contributed by atoms with Gasteiger partial charge in [0, 0.05) is 24.2 Å².